The van der Waals surface area contributed by atoms with Crippen molar-refractivity contribution in [2.75, 3.05) is 6.61 Å². The number of unbranched alkanes of at least 4 members (excludes halogenated alkanes) is 1. The summed E-state index contributed by atoms with van der Waals surface area (Å²) in [4.78, 5) is 0. The summed E-state index contributed by atoms with van der Waals surface area (Å²) < 4.78 is 5.41. The van der Waals surface area contributed by atoms with E-state index in [9.17, 15) is 0 Å². The highest BCUT2D eigenvalue weighted by molar-refractivity contribution is 6.63. The van der Waals surface area contributed by atoms with Crippen LogP contribution in [0.4, 0.5) is 0 Å². The van der Waals surface area contributed by atoms with E-state index in [1.54, 1.807) is 0 Å². The molecule has 1 aromatic rings. The lowest BCUT2D eigenvalue weighted by Crippen LogP contribution is -2.30. The van der Waals surface area contributed by atoms with Crippen molar-refractivity contribution in [2.45, 2.75) is 19.8 Å². The summed E-state index contributed by atoms with van der Waals surface area (Å²) in [5, 5.41) is 18.7. The van der Waals surface area contributed by atoms with Crippen LogP contribution in [0.5, 0.6) is 5.75 Å². The molecule has 0 bridgehead atoms. The van der Waals surface area contributed by atoms with Gasteiger partial charge < -0.3 is 14.8 Å². The van der Waals surface area contributed by atoms with Gasteiger partial charge in [-0.3, -0.25) is 0 Å². The summed E-state index contributed by atoms with van der Waals surface area (Å²) in [7, 11) is -1.63. The van der Waals surface area contributed by atoms with Crippen LogP contribution in [0.2, 0.25) is 10.0 Å². The molecule has 0 fully saturated rings. The topological polar surface area (TPSA) is 49.7 Å². The van der Waals surface area contributed by atoms with Gasteiger partial charge in [0.15, 0.2) is 0 Å². The van der Waals surface area contributed by atoms with Gasteiger partial charge in [0.2, 0.25) is 0 Å². The Morgan fingerprint density at radius 3 is 2.50 bits per heavy atom. The van der Waals surface area contributed by atoms with Crippen molar-refractivity contribution < 1.29 is 14.8 Å². The predicted molar refractivity (Wildman–Crippen MR) is 66.7 cm³/mol. The molecule has 1 aromatic carbocycles. The second-order valence-electron chi connectivity index (χ2n) is 3.38. The first-order valence-corrected chi connectivity index (χ1v) is 5.79. The van der Waals surface area contributed by atoms with E-state index >= 15 is 0 Å². The average molecular weight is 263 g/mol. The van der Waals surface area contributed by atoms with Crippen LogP contribution in [0.3, 0.4) is 0 Å². The molecule has 0 amide bonds. The third-order valence-corrected chi connectivity index (χ3v) is 2.71. The zero-order valence-electron chi connectivity index (χ0n) is 8.91. The quantitative estimate of drug-likeness (QED) is 0.629. The first-order valence-electron chi connectivity index (χ1n) is 5.04. The molecule has 0 unspecified atom stereocenters. The van der Waals surface area contributed by atoms with Gasteiger partial charge in [0.05, 0.1) is 11.6 Å². The third kappa shape index (κ3) is 3.56. The van der Waals surface area contributed by atoms with Gasteiger partial charge in [-0.2, -0.15) is 0 Å². The van der Waals surface area contributed by atoms with E-state index in [1.807, 2.05) is 0 Å². The van der Waals surface area contributed by atoms with Crippen molar-refractivity contribution in [3.63, 3.8) is 0 Å². The largest absolute Gasteiger partial charge is 0.492 e. The number of rotatable bonds is 5. The molecule has 0 saturated carbocycles. The van der Waals surface area contributed by atoms with E-state index in [-0.39, 0.29) is 10.5 Å². The van der Waals surface area contributed by atoms with Crippen molar-refractivity contribution >= 4 is 35.8 Å². The van der Waals surface area contributed by atoms with Crippen molar-refractivity contribution in [1.29, 1.82) is 0 Å². The van der Waals surface area contributed by atoms with E-state index in [1.165, 1.54) is 12.1 Å². The molecule has 0 aliphatic carbocycles. The lowest BCUT2D eigenvalue weighted by molar-refractivity contribution is 0.309. The van der Waals surface area contributed by atoms with Gasteiger partial charge >= 0.3 is 7.12 Å². The fourth-order valence-corrected chi connectivity index (χ4v) is 1.72. The molecule has 2 N–H and O–H groups in total. The standard InChI is InChI=1S/C10H13BCl2O3/c1-2-3-4-16-10-5-7(11(14)15)8(12)6-9(10)13/h5-6,14-15H,2-4H2,1H3. The molecule has 0 aliphatic rings. The number of benzene rings is 1. The van der Waals surface area contributed by atoms with Gasteiger partial charge in [-0.25, -0.2) is 0 Å². The SMILES string of the molecule is CCCCOc1cc(B(O)O)c(Cl)cc1Cl. The highest BCUT2D eigenvalue weighted by Crippen LogP contribution is 2.26. The Hall–Kier alpha value is -0.415. The van der Waals surface area contributed by atoms with Crippen LogP contribution in [0.15, 0.2) is 12.1 Å². The van der Waals surface area contributed by atoms with Crippen LogP contribution in [0.1, 0.15) is 19.8 Å². The molecular formula is C10H13BCl2O3. The Morgan fingerprint density at radius 1 is 1.25 bits per heavy atom. The summed E-state index contributed by atoms with van der Waals surface area (Å²) in [6.45, 7) is 2.59. The van der Waals surface area contributed by atoms with Gasteiger partial charge in [-0.15, -0.1) is 0 Å². The van der Waals surface area contributed by atoms with Gasteiger partial charge in [0, 0.05) is 10.5 Å². The summed E-state index contributed by atoms with van der Waals surface area (Å²) in [6, 6.07) is 2.89. The average Bonchev–Trinajstić information content (AvgIpc) is 2.21. The molecule has 0 spiro atoms. The molecule has 0 aromatic heterocycles. The molecule has 6 heteroatoms. The predicted octanol–water partition coefficient (Wildman–Crippen LogP) is 1.85. The van der Waals surface area contributed by atoms with Crippen LogP contribution >= 0.6 is 23.2 Å². The molecule has 0 radical (unpaired) electrons. The number of hydrogen-bond acceptors (Lipinski definition) is 3. The highest BCUT2D eigenvalue weighted by Gasteiger charge is 2.18. The maximum absolute atomic E-state index is 9.06. The third-order valence-electron chi connectivity index (χ3n) is 2.08. The second kappa shape index (κ2) is 6.35. The maximum atomic E-state index is 9.06. The monoisotopic (exact) mass is 262 g/mol. The van der Waals surface area contributed by atoms with Gasteiger partial charge in [-0.05, 0) is 18.6 Å². The Balaban J connectivity index is 2.87. The molecule has 0 aliphatic heterocycles. The van der Waals surface area contributed by atoms with Crippen LogP contribution in [0, 0.1) is 0 Å². The van der Waals surface area contributed by atoms with Gasteiger partial charge in [-0.1, -0.05) is 36.5 Å². The zero-order chi connectivity index (χ0) is 12.1. The van der Waals surface area contributed by atoms with Crippen molar-refractivity contribution in [3.05, 3.63) is 22.2 Å². The minimum Gasteiger partial charge on any atom is -0.492 e. The van der Waals surface area contributed by atoms with Gasteiger partial charge in [0.1, 0.15) is 5.75 Å². The molecular weight excluding hydrogens is 250 g/mol. The number of halogens is 2. The van der Waals surface area contributed by atoms with Crippen molar-refractivity contribution in [3.8, 4) is 5.75 Å². The maximum Gasteiger partial charge on any atom is 0.490 e. The van der Waals surface area contributed by atoms with Crippen LogP contribution in [-0.4, -0.2) is 23.8 Å². The molecule has 3 nitrogen and oxygen atoms in total. The van der Waals surface area contributed by atoms with Crippen molar-refractivity contribution in [2.24, 2.45) is 0 Å². The Labute approximate surface area is 105 Å². The number of ether oxygens (including phenoxy) is 1. The highest BCUT2D eigenvalue weighted by atomic mass is 35.5. The minimum atomic E-state index is -1.63. The molecule has 0 saturated heterocycles. The second-order valence-corrected chi connectivity index (χ2v) is 4.19. The first kappa shape index (κ1) is 13.6. The van der Waals surface area contributed by atoms with E-state index in [0.717, 1.165) is 12.8 Å². The van der Waals surface area contributed by atoms with Crippen LogP contribution < -0.4 is 10.2 Å². The van der Waals surface area contributed by atoms with Crippen LogP contribution in [-0.2, 0) is 0 Å². The number of hydrogen-bond donors (Lipinski definition) is 2. The summed E-state index contributed by atoms with van der Waals surface area (Å²) >= 11 is 11.7. The Bertz CT molecular complexity index is 358. The minimum absolute atomic E-state index is 0.192. The normalized spacial score (nSPS) is 10.3. The molecule has 1 rings (SSSR count). The zero-order valence-corrected chi connectivity index (χ0v) is 10.4. The fraction of sp³-hybridized carbons (Fsp3) is 0.400. The Morgan fingerprint density at radius 2 is 1.94 bits per heavy atom. The lowest BCUT2D eigenvalue weighted by atomic mass is 9.80. The Kier molecular flexibility index (Phi) is 5.42. The fourth-order valence-electron chi connectivity index (χ4n) is 1.18. The smallest absolute Gasteiger partial charge is 0.490 e. The van der Waals surface area contributed by atoms with E-state index in [0.29, 0.717) is 17.4 Å². The summed E-state index contributed by atoms with van der Waals surface area (Å²) in [6.07, 6.45) is 1.93. The first-order chi connectivity index (χ1) is 7.56. The van der Waals surface area contributed by atoms with E-state index < -0.39 is 7.12 Å². The molecule has 88 valence electrons. The van der Waals surface area contributed by atoms with Crippen molar-refractivity contribution in [1.82, 2.24) is 0 Å². The van der Waals surface area contributed by atoms with E-state index in [2.05, 4.69) is 6.92 Å². The summed E-state index contributed by atoms with van der Waals surface area (Å²) in [5.74, 6) is 0.419. The molecule has 16 heavy (non-hydrogen) atoms. The van der Waals surface area contributed by atoms with Crippen LogP contribution in [0.25, 0.3) is 0 Å². The summed E-state index contributed by atoms with van der Waals surface area (Å²) in [5.41, 5.74) is 0.192. The molecule has 0 heterocycles. The van der Waals surface area contributed by atoms with E-state index in [4.69, 9.17) is 38.0 Å². The lowest BCUT2D eigenvalue weighted by Gasteiger charge is -2.10. The molecule has 0 atom stereocenters. The van der Waals surface area contributed by atoms with Gasteiger partial charge in [0.25, 0.3) is 0 Å².